The molecule has 0 radical (unpaired) electrons. The molecule has 0 spiro atoms. The molecular weight excluding hydrogens is 220 g/mol. The van der Waals surface area contributed by atoms with Crippen LogP contribution < -0.4 is 5.32 Å². The molecule has 0 aliphatic heterocycles. The van der Waals surface area contributed by atoms with Gasteiger partial charge in [0.05, 0.1) is 11.6 Å². The van der Waals surface area contributed by atoms with Gasteiger partial charge in [0.15, 0.2) is 0 Å². The largest absolute Gasteiger partial charge is 0.480 e. The maximum Gasteiger partial charge on any atom is 0.327 e. The van der Waals surface area contributed by atoms with E-state index in [0.29, 0.717) is 11.4 Å². The number of rotatable bonds is 4. The molecule has 2 aromatic rings. The van der Waals surface area contributed by atoms with Gasteiger partial charge in [-0.3, -0.25) is 0 Å². The molecule has 1 unspecified atom stereocenters. The number of terminal acetylenes is 1. The highest BCUT2D eigenvalue weighted by atomic mass is 16.4. The molecule has 5 nitrogen and oxygen atoms in total. The van der Waals surface area contributed by atoms with Crippen LogP contribution in [-0.2, 0) is 4.79 Å². The van der Waals surface area contributed by atoms with Gasteiger partial charge in [-0.05, 0) is 12.1 Å². The average Bonchev–Trinajstić information content (AvgIpc) is 2.77. The third-order valence-corrected chi connectivity index (χ3v) is 2.31. The monoisotopic (exact) mass is 230 g/mol. The summed E-state index contributed by atoms with van der Waals surface area (Å²) in [5.41, 5.74) is 0.646. The summed E-state index contributed by atoms with van der Waals surface area (Å²) >= 11 is 0. The number of pyridine rings is 1. The first-order chi connectivity index (χ1) is 8.22. The van der Waals surface area contributed by atoms with E-state index in [-0.39, 0.29) is 6.42 Å². The summed E-state index contributed by atoms with van der Waals surface area (Å²) in [5, 5.41) is 12.5. The van der Waals surface area contributed by atoms with Crippen molar-refractivity contribution in [1.29, 1.82) is 0 Å². The second-order valence-electron chi connectivity index (χ2n) is 3.44. The first-order valence-corrected chi connectivity index (χ1v) is 4.97. The molecule has 0 fully saturated rings. The summed E-state index contributed by atoms with van der Waals surface area (Å²) in [5.74, 6) is 1.77. The Labute approximate surface area is 97.5 Å². The lowest BCUT2D eigenvalue weighted by Gasteiger charge is -2.12. The first-order valence-electron chi connectivity index (χ1n) is 4.97. The minimum atomic E-state index is -1.01. The van der Waals surface area contributed by atoms with Crippen LogP contribution >= 0.6 is 0 Å². The molecule has 2 heterocycles. The zero-order valence-electron chi connectivity index (χ0n) is 8.88. The van der Waals surface area contributed by atoms with Crippen molar-refractivity contribution in [3.8, 4) is 12.3 Å². The van der Waals surface area contributed by atoms with E-state index in [9.17, 15) is 4.79 Å². The lowest BCUT2D eigenvalue weighted by Crippen LogP contribution is -2.29. The molecule has 0 aliphatic carbocycles. The number of aliphatic carboxylic acids is 1. The molecule has 0 aromatic carbocycles. The standard InChI is InChI=1S/C12H10N2O3/c1-2-3-9(12(15)16)14-11-8-5-7-17-10(8)4-6-13-11/h1,4-7,9H,3H2,(H,13,14)(H,15,16). The fourth-order valence-corrected chi connectivity index (χ4v) is 1.49. The Morgan fingerprint density at radius 2 is 2.47 bits per heavy atom. The maximum atomic E-state index is 11.0. The fourth-order valence-electron chi connectivity index (χ4n) is 1.49. The molecule has 0 aliphatic rings. The maximum absolute atomic E-state index is 11.0. The number of hydrogen-bond acceptors (Lipinski definition) is 4. The minimum Gasteiger partial charge on any atom is -0.480 e. The highest BCUT2D eigenvalue weighted by molar-refractivity contribution is 5.90. The van der Waals surface area contributed by atoms with Crippen LogP contribution in [0.1, 0.15) is 6.42 Å². The van der Waals surface area contributed by atoms with Crippen LogP contribution in [0, 0.1) is 12.3 Å². The van der Waals surface area contributed by atoms with Gasteiger partial charge in [0.1, 0.15) is 17.4 Å². The molecule has 2 rings (SSSR count). The molecule has 0 bridgehead atoms. The van der Waals surface area contributed by atoms with E-state index in [1.807, 2.05) is 0 Å². The number of fused-ring (bicyclic) bond motifs is 1. The van der Waals surface area contributed by atoms with E-state index in [1.54, 1.807) is 18.3 Å². The van der Waals surface area contributed by atoms with Crippen molar-refractivity contribution in [2.45, 2.75) is 12.5 Å². The SMILES string of the molecule is C#CCC(Nc1nccc2occc12)C(=O)O. The lowest BCUT2D eigenvalue weighted by atomic mass is 10.2. The van der Waals surface area contributed by atoms with E-state index < -0.39 is 12.0 Å². The van der Waals surface area contributed by atoms with Gasteiger partial charge in [-0.1, -0.05) is 0 Å². The summed E-state index contributed by atoms with van der Waals surface area (Å²) < 4.78 is 5.19. The average molecular weight is 230 g/mol. The number of nitrogens with zero attached hydrogens (tertiary/aromatic N) is 1. The Hall–Kier alpha value is -2.48. The normalized spacial score (nSPS) is 11.9. The number of anilines is 1. The highest BCUT2D eigenvalue weighted by Gasteiger charge is 2.17. The predicted molar refractivity (Wildman–Crippen MR) is 62.5 cm³/mol. The third-order valence-electron chi connectivity index (χ3n) is 2.31. The predicted octanol–water partition coefficient (Wildman–Crippen LogP) is 1.72. The van der Waals surface area contributed by atoms with E-state index in [1.165, 1.54) is 6.26 Å². The molecule has 0 saturated heterocycles. The van der Waals surface area contributed by atoms with E-state index >= 15 is 0 Å². The van der Waals surface area contributed by atoms with Crippen molar-refractivity contribution in [1.82, 2.24) is 4.98 Å². The van der Waals surface area contributed by atoms with Gasteiger partial charge in [0, 0.05) is 12.6 Å². The topological polar surface area (TPSA) is 75.4 Å². The number of carbonyl (C=O) groups is 1. The van der Waals surface area contributed by atoms with Crippen LogP contribution in [0.4, 0.5) is 5.82 Å². The minimum absolute atomic E-state index is 0.0885. The molecule has 86 valence electrons. The van der Waals surface area contributed by atoms with Crippen LogP contribution in [0.3, 0.4) is 0 Å². The van der Waals surface area contributed by atoms with Gasteiger partial charge in [-0.15, -0.1) is 12.3 Å². The molecule has 0 saturated carbocycles. The van der Waals surface area contributed by atoms with Crippen molar-refractivity contribution in [2.24, 2.45) is 0 Å². The fraction of sp³-hybridized carbons (Fsp3) is 0.167. The van der Waals surface area contributed by atoms with Gasteiger partial charge in [0.25, 0.3) is 0 Å². The molecule has 1 atom stereocenters. The lowest BCUT2D eigenvalue weighted by molar-refractivity contribution is -0.137. The van der Waals surface area contributed by atoms with Crippen molar-refractivity contribution in [2.75, 3.05) is 5.32 Å². The Balaban J connectivity index is 2.31. The Kier molecular flexibility index (Phi) is 2.97. The van der Waals surface area contributed by atoms with Crippen molar-refractivity contribution >= 4 is 22.8 Å². The molecule has 2 N–H and O–H groups in total. The molecule has 5 heteroatoms. The quantitative estimate of drug-likeness (QED) is 0.782. The van der Waals surface area contributed by atoms with Gasteiger partial charge < -0.3 is 14.8 Å². The number of furan rings is 1. The molecule has 0 amide bonds. The van der Waals surface area contributed by atoms with Crippen LogP contribution in [0.5, 0.6) is 0 Å². The zero-order valence-corrected chi connectivity index (χ0v) is 8.88. The molecule has 17 heavy (non-hydrogen) atoms. The highest BCUT2D eigenvalue weighted by Crippen LogP contribution is 2.22. The molecular formula is C12H10N2O3. The number of aromatic nitrogens is 1. The smallest absolute Gasteiger partial charge is 0.327 e. The summed E-state index contributed by atoms with van der Waals surface area (Å²) in [6.45, 7) is 0. The Bertz CT molecular complexity index is 583. The number of nitrogens with one attached hydrogen (secondary N) is 1. The van der Waals surface area contributed by atoms with Gasteiger partial charge in [0.2, 0.25) is 0 Å². The van der Waals surface area contributed by atoms with Gasteiger partial charge in [-0.25, -0.2) is 9.78 Å². The Morgan fingerprint density at radius 3 is 3.18 bits per heavy atom. The second kappa shape index (κ2) is 4.58. The third kappa shape index (κ3) is 2.21. The number of hydrogen-bond donors (Lipinski definition) is 2. The summed E-state index contributed by atoms with van der Waals surface area (Å²) in [4.78, 5) is 15.0. The van der Waals surface area contributed by atoms with Crippen LogP contribution in [0.2, 0.25) is 0 Å². The van der Waals surface area contributed by atoms with Crippen molar-refractivity contribution in [3.05, 3.63) is 24.6 Å². The second-order valence-corrected chi connectivity index (χ2v) is 3.44. The molecule has 2 aromatic heterocycles. The van der Waals surface area contributed by atoms with E-state index in [0.717, 1.165) is 5.39 Å². The van der Waals surface area contributed by atoms with Crippen LogP contribution in [0.15, 0.2) is 29.0 Å². The Morgan fingerprint density at radius 1 is 1.65 bits per heavy atom. The first kappa shape index (κ1) is 11.0. The van der Waals surface area contributed by atoms with Gasteiger partial charge >= 0.3 is 5.97 Å². The zero-order chi connectivity index (χ0) is 12.3. The van der Waals surface area contributed by atoms with E-state index in [2.05, 4.69) is 16.2 Å². The van der Waals surface area contributed by atoms with Crippen molar-refractivity contribution < 1.29 is 14.3 Å². The number of carboxylic acid groups (broad SMARTS) is 1. The summed E-state index contributed by atoms with van der Waals surface area (Å²) in [7, 11) is 0. The van der Waals surface area contributed by atoms with Gasteiger partial charge in [-0.2, -0.15) is 0 Å². The summed E-state index contributed by atoms with van der Waals surface area (Å²) in [6.07, 6.45) is 8.28. The number of carboxylic acids is 1. The summed E-state index contributed by atoms with van der Waals surface area (Å²) in [6, 6.07) is 2.57. The van der Waals surface area contributed by atoms with Crippen LogP contribution in [0.25, 0.3) is 11.0 Å². The van der Waals surface area contributed by atoms with Crippen molar-refractivity contribution in [3.63, 3.8) is 0 Å². The van der Waals surface area contributed by atoms with Crippen LogP contribution in [-0.4, -0.2) is 22.1 Å². The van der Waals surface area contributed by atoms with E-state index in [4.69, 9.17) is 15.9 Å².